The Hall–Kier alpha value is -3.09. The topological polar surface area (TPSA) is 73.4 Å². The molecule has 1 aliphatic rings. The van der Waals surface area contributed by atoms with Crippen LogP contribution in [0.1, 0.15) is 36.0 Å². The fraction of sp³-hybridized carbons (Fsp3) is 0.381. The lowest BCUT2D eigenvalue weighted by Crippen LogP contribution is -2.41. The van der Waals surface area contributed by atoms with Crippen molar-refractivity contribution in [3.8, 4) is 5.75 Å². The molecule has 1 aromatic carbocycles. The highest BCUT2D eigenvalue weighted by Gasteiger charge is 2.28. The van der Waals surface area contributed by atoms with Crippen molar-refractivity contribution < 1.29 is 13.9 Å². The summed E-state index contributed by atoms with van der Waals surface area (Å²) in [6.45, 7) is 1.69. The van der Waals surface area contributed by atoms with Crippen LogP contribution in [0, 0.1) is 0 Å². The number of carbonyl (C=O) groups excluding carboxylic acids is 1. The summed E-state index contributed by atoms with van der Waals surface area (Å²) in [6, 6.07) is 9.76. The zero-order valence-electron chi connectivity index (χ0n) is 16.0. The first-order valence-corrected chi connectivity index (χ1v) is 9.54. The Morgan fingerprint density at radius 1 is 1.32 bits per heavy atom. The SMILES string of the molecule is COc1ccc(Cc2cnc(C3CCCN(C(=O)Cn4cccn4)C3)o2)cc1. The number of amides is 1. The molecule has 1 atom stereocenters. The molecule has 28 heavy (non-hydrogen) atoms. The number of oxazole rings is 1. The first-order valence-electron chi connectivity index (χ1n) is 9.54. The summed E-state index contributed by atoms with van der Waals surface area (Å²) in [4.78, 5) is 18.9. The van der Waals surface area contributed by atoms with Crippen molar-refractivity contribution >= 4 is 5.91 Å². The average Bonchev–Trinajstić information content (AvgIpc) is 3.41. The van der Waals surface area contributed by atoms with E-state index in [0.717, 1.165) is 42.4 Å². The quantitative estimate of drug-likeness (QED) is 0.657. The van der Waals surface area contributed by atoms with Crippen LogP contribution in [-0.2, 0) is 17.8 Å². The fourth-order valence-corrected chi connectivity index (χ4v) is 3.58. The smallest absolute Gasteiger partial charge is 0.244 e. The Balaban J connectivity index is 1.37. The Labute approximate surface area is 163 Å². The van der Waals surface area contributed by atoms with Crippen molar-refractivity contribution in [1.29, 1.82) is 0 Å². The van der Waals surface area contributed by atoms with Crippen molar-refractivity contribution in [2.75, 3.05) is 20.2 Å². The van der Waals surface area contributed by atoms with Gasteiger partial charge in [0.1, 0.15) is 18.1 Å². The molecule has 0 spiro atoms. The summed E-state index contributed by atoms with van der Waals surface area (Å²) in [5, 5.41) is 4.11. The monoisotopic (exact) mass is 380 g/mol. The normalized spacial score (nSPS) is 16.9. The molecule has 0 saturated carbocycles. The minimum absolute atomic E-state index is 0.0819. The number of nitrogens with zero attached hydrogens (tertiary/aromatic N) is 4. The number of hydrogen-bond donors (Lipinski definition) is 0. The van der Waals surface area contributed by atoms with Crippen LogP contribution in [0.2, 0.25) is 0 Å². The van der Waals surface area contributed by atoms with E-state index in [1.54, 1.807) is 30.4 Å². The standard InChI is InChI=1S/C21H24N4O3/c1-27-18-7-5-16(6-8-18)12-19-13-22-21(28-19)17-4-2-10-24(14-17)20(26)15-25-11-3-9-23-25/h3,5-9,11,13,17H,2,4,10,12,14-15H2,1H3. The van der Waals surface area contributed by atoms with E-state index in [4.69, 9.17) is 9.15 Å². The summed E-state index contributed by atoms with van der Waals surface area (Å²) in [5.41, 5.74) is 1.14. The Morgan fingerprint density at radius 3 is 2.93 bits per heavy atom. The number of aromatic nitrogens is 3. The predicted molar refractivity (Wildman–Crippen MR) is 103 cm³/mol. The molecule has 1 aliphatic heterocycles. The van der Waals surface area contributed by atoms with Gasteiger partial charge in [-0.3, -0.25) is 9.48 Å². The Kier molecular flexibility index (Phi) is 5.41. The van der Waals surface area contributed by atoms with Crippen LogP contribution < -0.4 is 4.74 Å². The number of piperidine rings is 1. The highest BCUT2D eigenvalue weighted by atomic mass is 16.5. The minimum atomic E-state index is 0.0819. The molecule has 0 bridgehead atoms. The van der Waals surface area contributed by atoms with Crippen LogP contribution in [0.15, 0.2) is 53.3 Å². The average molecular weight is 380 g/mol. The third-order valence-corrected chi connectivity index (χ3v) is 5.09. The van der Waals surface area contributed by atoms with E-state index in [2.05, 4.69) is 10.1 Å². The molecule has 1 unspecified atom stereocenters. The number of methoxy groups -OCH3 is 1. The highest BCUT2D eigenvalue weighted by molar-refractivity contribution is 5.76. The van der Waals surface area contributed by atoms with E-state index in [1.165, 1.54) is 0 Å². The maximum Gasteiger partial charge on any atom is 0.244 e. The van der Waals surface area contributed by atoms with Crippen molar-refractivity contribution in [2.45, 2.75) is 31.7 Å². The lowest BCUT2D eigenvalue weighted by Gasteiger charge is -2.31. The van der Waals surface area contributed by atoms with Gasteiger partial charge in [0, 0.05) is 31.9 Å². The Bertz CT molecular complexity index is 902. The van der Waals surface area contributed by atoms with Gasteiger partial charge in [-0.15, -0.1) is 0 Å². The molecule has 146 valence electrons. The summed E-state index contributed by atoms with van der Waals surface area (Å²) < 4.78 is 12.9. The second-order valence-electron chi connectivity index (χ2n) is 7.07. The highest BCUT2D eigenvalue weighted by Crippen LogP contribution is 2.27. The molecule has 0 N–H and O–H groups in total. The van der Waals surface area contributed by atoms with Gasteiger partial charge in [-0.1, -0.05) is 12.1 Å². The van der Waals surface area contributed by atoms with E-state index >= 15 is 0 Å². The van der Waals surface area contributed by atoms with Gasteiger partial charge in [-0.2, -0.15) is 5.10 Å². The van der Waals surface area contributed by atoms with Gasteiger partial charge in [0.05, 0.1) is 19.2 Å². The summed E-state index contributed by atoms with van der Waals surface area (Å²) in [5.74, 6) is 2.61. The largest absolute Gasteiger partial charge is 0.497 e. The molecule has 3 heterocycles. The number of carbonyl (C=O) groups is 1. The van der Waals surface area contributed by atoms with Crippen molar-refractivity contribution in [3.63, 3.8) is 0 Å². The number of rotatable bonds is 6. The number of likely N-dealkylation sites (tertiary alicyclic amines) is 1. The molecule has 4 rings (SSSR count). The second-order valence-corrected chi connectivity index (χ2v) is 7.07. The van der Waals surface area contributed by atoms with Gasteiger partial charge in [-0.25, -0.2) is 4.98 Å². The van der Waals surface area contributed by atoms with Crippen molar-refractivity contribution in [2.24, 2.45) is 0 Å². The van der Waals surface area contributed by atoms with Crippen LogP contribution in [0.3, 0.4) is 0 Å². The zero-order valence-corrected chi connectivity index (χ0v) is 16.0. The molecular formula is C21H24N4O3. The van der Waals surface area contributed by atoms with E-state index in [-0.39, 0.29) is 18.4 Å². The van der Waals surface area contributed by atoms with Crippen LogP contribution in [0.5, 0.6) is 5.75 Å². The number of ether oxygens (including phenoxy) is 1. The third kappa shape index (κ3) is 4.24. The maximum absolute atomic E-state index is 12.5. The predicted octanol–water partition coefficient (Wildman–Crippen LogP) is 2.88. The molecule has 0 aliphatic carbocycles. The number of hydrogen-bond acceptors (Lipinski definition) is 5. The van der Waals surface area contributed by atoms with Crippen LogP contribution in [0.25, 0.3) is 0 Å². The molecule has 7 nitrogen and oxygen atoms in total. The molecule has 2 aromatic heterocycles. The van der Waals surface area contributed by atoms with Gasteiger partial charge in [0.25, 0.3) is 0 Å². The van der Waals surface area contributed by atoms with E-state index in [0.29, 0.717) is 13.0 Å². The minimum Gasteiger partial charge on any atom is -0.497 e. The fourth-order valence-electron chi connectivity index (χ4n) is 3.58. The lowest BCUT2D eigenvalue weighted by atomic mass is 9.98. The third-order valence-electron chi connectivity index (χ3n) is 5.09. The summed E-state index contributed by atoms with van der Waals surface area (Å²) >= 11 is 0. The van der Waals surface area contributed by atoms with Crippen LogP contribution in [0.4, 0.5) is 0 Å². The lowest BCUT2D eigenvalue weighted by molar-refractivity contribution is -0.133. The van der Waals surface area contributed by atoms with Gasteiger partial charge in [-0.05, 0) is 36.6 Å². The van der Waals surface area contributed by atoms with E-state index in [9.17, 15) is 4.79 Å². The molecular weight excluding hydrogens is 356 g/mol. The number of benzene rings is 1. The molecule has 1 amide bonds. The van der Waals surface area contributed by atoms with E-state index < -0.39 is 0 Å². The zero-order chi connectivity index (χ0) is 19.3. The first-order chi connectivity index (χ1) is 13.7. The van der Waals surface area contributed by atoms with Crippen molar-refractivity contribution in [1.82, 2.24) is 19.7 Å². The second kappa shape index (κ2) is 8.29. The van der Waals surface area contributed by atoms with Crippen LogP contribution in [-0.4, -0.2) is 45.8 Å². The summed E-state index contributed by atoms with van der Waals surface area (Å²) in [7, 11) is 1.66. The molecule has 7 heteroatoms. The molecule has 1 saturated heterocycles. The van der Waals surface area contributed by atoms with Crippen molar-refractivity contribution in [3.05, 3.63) is 66.1 Å². The van der Waals surface area contributed by atoms with Gasteiger partial charge in [0.15, 0.2) is 5.89 Å². The summed E-state index contributed by atoms with van der Waals surface area (Å²) in [6.07, 6.45) is 7.90. The van der Waals surface area contributed by atoms with E-state index in [1.807, 2.05) is 35.2 Å². The maximum atomic E-state index is 12.5. The van der Waals surface area contributed by atoms with Gasteiger partial charge < -0.3 is 14.1 Å². The molecule has 1 fully saturated rings. The first kappa shape index (κ1) is 18.3. The Morgan fingerprint density at radius 2 is 2.18 bits per heavy atom. The van der Waals surface area contributed by atoms with Crippen LogP contribution >= 0.6 is 0 Å². The van der Waals surface area contributed by atoms with Gasteiger partial charge in [0.2, 0.25) is 5.91 Å². The van der Waals surface area contributed by atoms with Gasteiger partial charge >= 0.3 is 0 Å². The molecule has 3 aromatic rings. The molecule has 0 radical (unpaired) electrons.